The fourth-order valence-electron chi connectivity index (χ4n) is 1.76. The lowest BCUT2D eigenvalue weighted by molar-refractivity contribution is 0.0697. The molecule has 19 heavy (non-hydrogen) atoms. The van der Waals surface area contributed by atoms with Crippen LogP contribution in [-0.4, -0.2) is 34.2 Å². The Morgan fingerprint density at radius 3 is 2.58 bits per heavy atom. The molecule has 0 aliphatic heterocycles. The average molecular weight is 259 g/mol. The molecule has 1 aromatic heterocycles. The van der Waals surface area contributed by atoms with E-state index < -0.39 is 5.97 Å². The van der Waals surface area contributed by atoms with Crippen LogP contribution in [0.3, 0.4) is 0 Å². The molecular weight excluding hydrogens is 246 g/mol. The number of nitrogens with zero attached hydrogens (tertiary/aromatic N) is 2. The first-order valence-electron chi connectivity index (χ1n) is 5.63. The molecule has 0 bridgehead atoms. The van der Waals surface area contributed by atoms with Crippen LogP contribution in [-0.2, 0) is 0 Å². The zero-order valence-electron chi connectivity index (χ0n) is 10.5. The maximum atomic E-state index is 12.2. The number of carboxylic acids is 1. The van der Waals surface area contributed by atoms with E-state index in [0.717, 1.165) is 5.69 Å². The van der Waals surface area contributed by atoms with Gasteiger partial charge in [-0.3, -0.25) is 9.89 Å². The average Bonchev–Trinajstić information content (AvgIpc) is 2.83. The molecule has 6 heteroatoms. The first-order chi connectivity index (χ1) is 9.00. The molecule has 0 aliphatic rings. The second kappa shape index (κ2) is 4.93. The number of aryl methyl sites for hydroxylation is 1. The van der Waals surface area contributed by atoms with Gasteiger partial charge >= 0.3 is 5.97 Å². The van der Waals surface area contributed by atoms with E-state index in [9.17, 15) is 9.59 Å². The topological polar surface area (TPSA) is 86.3 Å². The Bertz CT molecular complexity index is 634. The lowest BCUT2D eigenvalue weighted by Gasteiger charge is -2.18. The Morgan fingerprint density at radius 1 is 1.32 bits per heavy atom. The summed E-state index contributed by atoms with van der Waals surface area (Å²) >= 11 is 0. The van der Waals surface area contributed by atoms with Crippen molar-refractivity contribution >= 4 is 17.6 Å². The third-order valence-corrected chi connectivity index (χ3v) is 2.73. The van der Waals surface area contributed by atoms with Crippen LogP contribution < -0.4 is 4.90 Å². The minimum Gasteiger partial charge on any atom is -0.478 e. The van der Waals surface area contributed by atoms with E-state index in [1.165, 1.54) is 18.0 Å². The first-order valence-corrected chi connectivity index (χ1v) is 5.63. The Labute approximate surface area is 109 Å². The zero-order valence-corrected chi connectivity index (χ0v) is 10.5. The van der Waals surface area contributed by atoms with Gasteiger partial charge in [0, 0.05) is 12.7 Å². The van der Waals surface area contributed by atoms with Crippen molar-refractivity contribution in [2.24, 2.45) is 0 Å². The van der Waals surface area contributed by atoms with Crippen LogP contribution in [0.1, 0.15) is 26.5 Å². The van der Waals surface area contributed by atoms with Crippen molar-refractivity contribution in [2.75, 3.05) is 11.9 Å². The fraction of sp³-hybridized carbons (Fsp3) is 0.154. The highest BCUT2D eigenvalue weighted by molar-refractivity contribution is 6.08. The number of aromatic carboxylic acids is 1. The molecule has 98 valence electrons. The van der Waals surface area contributed by atoms with Gasteiger partial charge in [0.25, 0.3) is 5.91 Å². The monoisotopic (exact) mass is 259 g/mol. The summed E-state index contributed by atoms with van der Waals surface area (Å²) in [4.78, 5) is 24.6. The van der Waals surface area contributed by atoms with Crippen molar-refractivity contribution in [3.8, 4) is 0 Å². The largest absolute Gasteiger partial charge is 0.478 e. The predicted octanol–water partition coefficient (Wildman–Crippen LogP) is 1.69. The number of nitrogens with one attached hydrogen (secondary N) is 1. The lowest BCUT2D eigenvalue weighted by atomic mass is 10.1. The summed E-state index contributed by atoms with van der Waals surface area (Å²) < 4.78 is 0. The zero-order chi connectivity index (χ0) is 14.0. The Hall–Kier alpha value is -2.63. The van der Waals surface area contributed by atoms with Crippen LogP contribution in [0.4, 0.5) is 5.69 Å². The second-order valence-electron chi connectivity index (χ2n) is 4.12. The molecule has 0 atom stereocenters. The summed E-state index contributed by atoms with van der Waals surface area (Å²) in [5, 5.41) is 15.7. The highest BCUT2D eigenvalue weighted by atomic mass is 16.4. The van der Waals surface area contributed by atoms with Gasteiger partial charge in [0.05, 0.1) is 11.3 Å². The summed E-state index contributed by atoms with van der Waals surface area (Å²) in [7, 11) is 1.52. The molecule has 0 saturated heterocycles. The van der Waals surface area contributed by atoms with Crippen molar-refractivity contribution in [2.45, 2.75) is 6.92 Å². The number of para-hydroxylation sites is 1. The third-order valence-electron chi connectivity index (χ3n) is 2.73. The number of aromatic amines is 1. The van der Waals surface area contributed by atoms with Gasteiger partial charge in [-0.25, -0.2) is 4.79 Å². The number of carboxylic acid groups (broad SMARTS) is 1. The van der Waals surface area contributed by atoms with Crippen LogP contribution in [0.2, 0.25) is 0 Å². The van der Waals surface area contributed by atoms with Gasteiger partial charge in [-0.05, 0) is 25.1 Å². The molecular formula is C13H13N3O3. The van der Waals surface area contributed by atoms with E-state index in [1.807, 2.05) is 0 Å². The normalized spacial score (nSPS) is 10.2. The number of carbonyl (C=O) groups is 2. The van der Waals surface area contributed by atoms with Gasteiger partial charge in [0.1, 0.15) is 0 Å². The quantitative estimate of drug-likeness (QED) is 0.878. The number of rotatable bonds is 3. The number of aromatic nitrogens is 2. The fourth-order valence-corrected chi connectivity index (χ4v) is 1.76. The number of hydrogen-bond donors (Lipinski definition) is 2. The number of amides is 1. The summed E-state index contributed by atoms with van der Waals surface area (Å²) in [6.45, 7) is 1.79. The molecule has 0 spiro atoms. The summed E-state index contributed by atoms with van der Waals surface area (Å²) in [6, 6.07) is 7.95. The maximum absolute atomic E-state index is 12.2. The summed E-state index contributed by atoms with van der Waals surface area (Å²) in [6.07, 6.45) is 0. The minimum atomic E-state index is -1.08. The van der Waals surface area contributed by atoms with Crippen LogP contribution >= 0.6 is 0 Å². The summed E-state index contributed by atoms with van der Waals surface area (Å²) in [5.41, 5.74) is 1.43. The molecule has 2 aromatic rings. The molecule has 0 fully saturated rings. The second-order valence-corrected chi connectivity index (χ2v) is 4.12. The Kier molecular flexibility index (Phi) is 3.33. The van der Waals surface area contributed by atoms with Crippen molar-refractivity contribution in [1.29, 1.82) is 0 Å². The number of hydrogen-bond acceptors (Lipinski definition) is 3. The van der Waals surface area contributed by atoms with Crippen molar-refractivity contribution < 1.29 is 14.7 Å². The van der Waals surface area contributed by atoms with Gasteiger partial charge in [0.2, 0.25) is 0 Å². The van der Waals surface area contributed by atoms with Crippen molar-refractivity contribution in [3.63, 3.8) is 0 Å². The van der Waals surface area contributed by atoms with Gasteiger partial charge < -0.3 is 10.0 Å². The van der Waals surface area contributed by atoms with Crippen LogP contribution in [0, 0.1) is 6.92 Å². The third kappa shape index (κ3) is 2.47. The number of benzene rings is 1. The molecule has 1 amide bonds. The molecule has 0 radical (unpaired) electrons. The smallest absolute Gasteiger partial charge is 0.337 e. The maximum Gasteiger partial charge on any atom is 0.337 e. The van der Waals surface area contributed by atoms with E-state index in [4.69, 9.17) is 5.11 Å². The van der Waals surface area contributed by atoms with Crippen LogP contribution in [0.15, 0.2) is 30.3 Å². The number of anilines is 1. The molecule has 1 heterocycles. The van der Waals surface area contributed by atoms with E-state index in [2.05, 4.69) is 10.2 Å². The van der Waals surface area contributed by atoms with Gasteiger partial charge in [-0.2, -0.15) is 5.10 Å². The van der Waals surface area contributed by atoms with Gasteiger partial charge in [-0.15, -0.1) is 0 Å². The van der Waals surface area contributed by atoms with Crippen LogP contribution in [0.5, 0.6) is 0 Å². The minimum absolute atomic E-state index is 0.0746. The van der Waals surface area contributed by atoms with Crippen molar-refractivity contribution in [3.05, 3.63) is 47.3 Å². The number of carbonyl (C=O) groups excluding carboxylic acids is 1. The lowest BCUT2D eigenvalue weighted by Crippen LogP contribution is -2.28. The molecule has 0 saturated carbocycles. The Morgan fingerprint density at radius 2 is 2.00 bits per heavy atom. The summed E-state index contributed by atoms with van der Waals surface area (Å²) in [5.74, 6) is -1.44. The molecule has 1 aromatic carbocycles. The van der Waals surface area contributed by atoms with Crippen LogP contribution in [0.25, 0.3) is 0 Å². The van der Waals surface area contributed by atoms with E-state index >= 15 is 0 Å². The van der Waals surface area contributed by atoms with Gasteiger partial charge in [-0.1, -0.05) is 12.1 Å². The highest BCUT2D eigenvalue weighted by Crippen LogP contribution is 2.20. The van der Waals surface area contributed by atoms with Gasteiger partial charge in [0.15, 0.2) is 5.69 Å². The standard InChI is InChI=1S/C13H13N3O3/c1-8-7-10(15-14-8)12(17)16(2)11-6-4-3-5-9(11)13(18)19/h3-7H,1-2H3,(H,14,15)(H,18,19). The molecule has 0 aliphatic carbocycles. The molecule has 0 unspecified atom stereocenters. The number of H-pyrrole nitrogens is 1. The SMILES string of the molecule is Cc1cc(C(=O)N(C)c2ccccc2C(=O)O)n[nH]1. The van der Waals surface area contributed by atoms with Crippen molar-refractivity contribution in [1.82, 2.24) is 10.2 Å². The predicted molar refractivity (Wildman–Crippen MR) is 69.5 cm³/mol. The first kappa shape index (κ1) is 12.8. The van der Waals surface area contributed by atoms with E-state index in [-0.39, 0.29) is 17.2 Å². The van der Waals surface area contributed by atoms with E-state index in [1.54, 1.807) is 31.2 Å². The molecule has 6 nitrogen and oxygen atoms in total. The highest BCUT2D eigenvalue weighted by Gasteiger charge is 2.20. The molecule has 2 N–H and O–H groups in total. The molecule has 2 rings (SSSR count). The van der Waals surface area contributed by atoms with E-state index in [0.29, 0.717) is 5.69 Å². The Balaban J connectivity index is 2.37.